The third kappa shape index (κ3) is 3.10. The number of para-hydroxylation sites is 1. The summed E-state index contributed by atoms with van der Waals surface area (Å²) in [6.07, 6.45) is 4.19. The van der Waals surface area contributed by atoms with Crippen molar-refractivity contribution in [3.8, 4) is 11.3 Å². The summed E-state index contributed by atoms with van der Waals surface area (Å²) in [6, 6.07) is 7.75. The second-order valence-electron chi connectivity index (χ2n) is 6.27. The van der Waals surface area contributed by atoms with Gasteiger partial charge in [-0.3, -0.25) is 4.79 Å². The standard InChI is InChI=1S/C18H20N4O2/c23-16-9-13-11-20-18(19-10-12-5-7-24-8-6-12)22-17(13)14-3-1-2-4-15(14)21-16/h1-4,11-12H,5-10H2,(H,21,23)(H,19,20,22). The van der Waals surface area contributed by atoms with E-state index in [4.69, 9.17) is 4.74 Å². The zero-order valence-electron chi connectivity index (χ0n) is 13.4. The van der Waals surface area contributed by atoms with Gasteiger partial charge in [-0.05, 0) is 24.8 Å². The predicted molar refractivity (Wildman–Crippen MR) is 91.8 cm³/mol. The quantitative estimate of drug-likeness (QED) is 0.907. The van der Waals surface area contributed by atoms with Crippen molar-refractivity contribution in [2.45, 2.75) is 19.3 Å². The maximum atomic E-state index is 12.0. The van der Waals surface area contributed by atoms with Crippen LogP contribution in [0.2, 0.25) is 0 Å². The Hall–Kier alpha value is -2.47. The smallest absolute Gasteiger partial charge is 0.228 e. The zero-order valence-corrected chi connectivity index (χ0v) is 13.4. The number of ether oxygens (including phenoxy) is 1. The number of benzene rings is 1. The van der Waals surface area contributed by atoms with Gasteiger partial charge in [-0.15, -0.1) is 0 Å². The molecule has 0 aliphatic carbocycles. The van der Waals surface area contributed by atoms with Crippen LogP contribution in [0.5, 0.6) is 0 Å². The number of anilines is 2. The zero-order chi connectivity index (χ0) is 16.4. The maximum Gasteiger partial charge on any atom is 0.228 e. The average molecular weight is 324 g/mol. The minimum Gasteiger partial charge on any atom is -0.381 e. The molecule has 3 heterocycles. The van der Waals surface area contributed by atoms with E-state index in [1.165, 1.54) is 0 Å². The van der Waals surface area contributed by atoms with Crippen molar-refractivity contribution in [3.63, 3.8) is 0 Å². The van der Waals surface area contributed by atoms with Crippen molar-refractivity contribution in [2.24, 2.45) is 5.92 Å². The minimum absolute atomic E-state index is 0.0345. The fourth-order valence-electron chi connectivity index (χ4n) is 3.21. The van der Waals surface area contributed by atoms with Crippen LogP contribution in [0.1, 0.15) is 18.4 Å². The third-order valence-corrected chi connectivity index (χ3v) is 4.56. The molecule has 1 fully saturated rings. The largest absolute Gasteiger partial charge is 0.381 e. The molecule has 1 aromatic carbocycles. The molecule has 1 amide bonds. The molecule has 0 saturated carbocycles. The first-order chi connectivity index (χ1) is 11.8. The molecule has 0 unspecified atom stereocenters. The summed E-state index contributed by atoms with van der Waals surface area (Å²) in [5.74, 6) is 1.17. The van der Waals surface area contributed by atoms with Gasteiger partial charge in [0.05, 0.1) is 17.8 Å². The van der Waals surface area contributed by atoms with Crippen molar-refractivity contribution >= 4 is 17.5 Å². The van der Waals surface area contributed by atoms with Crippen LogP contribution in [0.4, 0.5) is 11.6 Å². The lowest BCUT2D eigenvalue weighted by Crippen LogP contribution is -2.23. The number of hydrogen-bond donors (Lipinski definition) is 2. The van der Waals surface area contributed by atoms with Gasteiger partial charge in [-0.25, -0.2) is 9.97 Å². The Morgan fingerprint density at radius 1 is 1.25 bits per heavy atom. The fraction of sp³-hybridized carbons (Fsp3) is 0.389. The van der Waals surface area contributed by atoms with Crippen LogP contribution in [0.25, 0.3) is 11.3 Å². The van der Waals surface area contributed by atoms with Crippen LogP contribution in [0.15, 0.2) is 30.5 Å². The lowest BCUT2D eigenvalue weighted by atomic mass is 10.0. The van der Waals surface area contributed by atoms with Crippen molar-refractivity contribution in [2.75, 3.05) is 30.4 Å². The molecule has 24 heavy (non-hydrogen) atoms. The number of amides is 1. The van der Waals surface area contributed by atoms with Gasteiger partial charge in [0.15, 0.2) is 0 Å². The molecular weight excluding hydrogens is 304 g/mol. The molecule has 6 nitrogen and oxygen atoms in total. The van der Waals surface area contributed by atoms with E-state index in [2.05, 4.69) is 20.6 Å². The van der Waals surface area contributed by atoms with Gasteiger partial charge >= 0.3 is 0 Å². The number of nitrogens with zero attached hydrogens (tertiary/aromatic N) is 2. The average Bonchev–Trinajstić information content (AvgIpc) is 2.76. The summed E-state index contributed by atoms with van der Waals surface area (Å²) in [6.45, 7) is 2.51. The molecule has 1 aromatic heterocycles. The van der Waals surface area contributed by atoms with E-state index in [1.807, 2.05) is 24.3 Å². The fourth-order valence-corrected chi connectivity index (χ4v) is 3.21. The molecule has 2 N–H and O–H groups in total. The molecule has 0 bridgehead atoms. The van der Waals surface area contributed by atoms with E-state index in [9.17, 15) is 4.79 Å². The second kappa shape index (κ2) is 6.57. The Bertz CT molecular complexity index is 756. The molecule has 0 radical (unpaired) electrons. The summed E-state index contributed by atoms with van der Waals surface area (Å²) in [5.41, 5.74) is 3.42. The first-order valence-corrected chi connectivity index (χ1v) is 8.36. The number of rotatable bonds is 3. The highest BCUT2D eigenvalue weighted by Gasteiger charge is 2.21. The van der Waals surface area contributed by atoms with Crippen molar-refractivity contribution in [1.29, 1.82) is 0 Å². The molecular formula is C18H20N4O2. The van der Waals surface area contributed by atoms with E-state index in [0.717, 1.165) is 55.1 Å². The van der Waals surface area contributed by atoms with Gasteiger partial charge in [0, 0.05) is 37.1 Å². The van der Waals surface area contributed by atoms with E-state index >= 15 is 0 Å². The van der Waals surface area contributed by atoms with Crippen LogP contribution >= 0.6 is 0 Å². The molecule has 2 aliphatic rings. The maximum absolute atomic E-state index is 12.0. The third-order valence-electron chi connectivity index (χ3n) is 4.56. The molecule has 124 valence electrons. The van der Waals surface area contributed by atoms with Gasteiger partial charge < -0.3 is 15.4 Å². The van der Waals surface area contributed by atoms with Gasteiger partial charge in [-0.2, -0.15) is 0 Å². The van der Waals surface area contributed by atoms with Gasteiger partial charge in [0.25, 0.3) is 0 Å². The van der Waals surface area contributed by atoms with Crippen molar-refractivity contribution in [1.82, 2.24) is 9.97 Å². The lowest BCUT2D eigenvalue weighted by Gasteiger charge is -2.22. The number of carbonyl (C=O) groups excluding carboxylic acids is 1. The van der Waals surface area contributed by atoms with E-state index in [1.54, 1.807) is 6.20 Å². The van der Waals surface area contributed by atoms with Gasteiger partial charge in [0.2, 0.25) is 11.9 Å². The monoisotopic (exact) mass is 324 g/mol. The Kier molecular flexibility index (Phi) is 4.13. The first-order valence-electron chi connectivity index (χ1n) is 8.36. The van der Waals surface area contributed by atoms with Crippen molar-refractivity contribution < 1.29 is 9.53 Å². The summed E-state index contributed by atoms with van der Waals surface area (Å²) in [4.78, 5) is 21.1. The van der Waals surface area contributed by atoms with Crippen LogP contribution in [-0.4, -0.2) is 35.6 Å². The summed E-state index contributed by atoms with van der Waals surface area (Å²) in [5, 5.41) is 6.28. The van der Waals surface area contributed by atoms with Crippen LogP contribution < -0.4 is 10.6 Å². The van der Waals surface area contributed by atoms with Crippen LogP contribution in [-0.2, 0) is 16.0 Å². The molecule has 1 saturated heterocycles. The number of hydrogen-bond acceptors (Lipinski definition) is 5. The molecule has 4 rings (SSSR count). The highest BCUT2D eigenvalue weighted by atomic mass is 16.5. The summed E-state index contributed by atoms with van der Waals surface area (Å²) < 4.78 is 5.39. The lowest BCUT2D eigenvalue weighted by molar-refractivity contribution is -0.115. The normalized spacial score (nSPS) is 17.4. The number of fused-ring (bicyclic) bond motifs is 3. The predicted octanol–water partition coefficient (Wildman–Crippen LogP) is 2.48. The van der Waals surface area contributed by atoms with Gasteiger partial charge in [0.1, 0.15) is 0 Å². The number of carbonyl (C=O) groups is 1. The molecule has 2 aliphatic heterocycles. The Balaban J connectivity index is 1.60. The number of aromatic nitrogens is 2. The highest BCUT2D eigenvalue weighted by Crippen LogP contribution is 2.32. The van der Waals surface area contributed by atoms with E-state index < -0.39 is 0 Å². The Labute approximate surface area is 140 Å². The molecule has 6 heteroatoms. The second-order valence-corrected chi connectivity index (χ2v) is 6.27. The Morgan fingerprint density at radius 2 is 2.08 bits per heavy atom. The van der Waals surface area contributed by atoms with Gasteiger partial charge in [-0.1, -0.05) is 18.2 Å². The molecule has 0 spiro atoms. The number of nitrogens with one attached hydrogen (secondary N) is 2. The van der Waals surface area contributed by atoms with Crippen molar-refractivity contribution in [3.05, 3.63) is 36.0 Å². The Morgan fingerprint density at radius 3 is 2.96 bits per heavy atom. The topological polar surface area (TPSA) is 76.1 Å². The SMILES string of the molecule is O=C1Cc2cnc(NCC3CCOCC3)nc2-c2ccccc2N1. The first kappa shape index (κ1) is 15.1. The summed E-state index contributed by atoms with van der Waals surface area (Å²) in [7, 11) is 0. The summed E-state index contributed by atoms with van der Waals surface area (Å²) >= 11 is 0. The van der Waals surface area contributed by atoms with Crippen LogP contribution in [0.3, 0.4) is 0 Å². The van der Waals surface area contributed by atoms with E-state index in [0.29, 0.717) is 18.3 Å². The molecule has 2 aromatic rings. The minimum atomic E-state index is -0.0345. The van der Waals surface area contributed by atoms with E-state index in [-0.39, 0.29) is 5.91 Å². The molecule has 0 atom stereocenters. The highest BCUT2D eigenvalue weighted by molar-refractivity contribution is 5.99. The van der Waals surface area contributed by atoms with Crippen LogP contribution in [0, 0.1) is 5.92 Å².